The van der Waals surface area contributed by atoms with E-state index in [0.717, 1.165) is 10.1 Å². The molecule has 12 N–H and O–H groups in total. The molecule has 63 heavy (non-hydrogen) atoms. The zero-order valence-corrected chi connectivity index (χ0v) is 46.0. The van der Waals surface area contributed by atoms with Gasteiger partial charge in [-0.3, -0.25) is 28.8 Å². The van der Waals surface area contributed by atoms with Gasteiger partial charge in [0.25, 0.3) is 35.4 Å². The lowest BCUT2D eigenvalue weighted by Gasteiger charge is -2.27. The van der Waals surface area contributed by atoms with E-state index in [-0.39, 0.29) is 101 Å². The lowest BCUT2D eigenvalue weighted by Crippen LogP contribution is -2.40. The van der Waals surface area contributed by atoms with Gasteiger partial charge in [-0.25, -0.2) is 0 Å². The Balaban J connectivity index is 2.58. The quantitative estimate of drug-likeness (QED) is 0.0444. The minimum absolute atomic E-state index is 0.0359. The van der Waals surface area contributed by atoms with Gasteiger partial charge in [-0.1, -0.05) is 0 Å². The zero-order chi connectivity index (χ0) is 47.9. The van der Waals surface area contributed by atoms with Crippen LogP contribution >= 0.6 is 136 Å². The number of aliphatic hydroxyl groups excluding tert-OH is 8. The van der Waals surface area contributed by atoms with E-state index in [1.165, 1.54) is 13.8 Å². The SMILES string of the molecule is CC(=O)N(CCCN(Oc1c(I)c(C(=O)NCC(O)CO)c(I)c(C(=O)NCC(O)CO)c1I)C(C)=O)Oc1c(I)c(C(=O)NCC(O)CO)c(I)c(C(=O)NCC(O)CO)c1I. The Bertz CT molecular complexity index is 1760. The van der Waals surface area contributed by atoms with Crippen molar-refractivity contribution in [1.82, 2.24) is 31.4 Å². The van der Waals surface area contributed by atoms with Crippen molar-refractivity contribution in [1.29, 1.82) is 0 Å². The monoisotopic (exact) mass is 1570 g/mol. The average molecular weight is 1570 g/mol. The second-order valence-electron chi connectivity index (χ2n) is 13.0. The molecule has 4 unspecified atom stereocenters. The predicted octanol–water partition coefficient (Wildman–Crippen LogP) is -0.979. The van der Waals surface area contributed by atoms with Crippen LogP contribution in [0.25, 0.3) is 0 Å². The molecule has 28 heteroatoms. The molecule has 0 aromatic heterocycles. The highest BCUT2D eigenvalue weighted by Gasteiger charge is 2.33. The maximum absolute atomic E-state index is 13.5. The number of hydrogen-bond acceptors (Lipinski definition) is 16. The Morgan fingerprint density at radius 2 is 0.683 bits per heavy atom. The third kappa shape index (κ3) is 16.6. The van der Waals surface area contributed by atoms with Crippen LogP contribution in [0.4, 0.5) is 0 Å². The maximum Gasteiger partial charge on any atom is 0.253 e. The van der Waals surface area contributed by atoms with Gasteiger partial charge in [0.1, 0.15) is 0 Å². The Hall–Kier alpha value is -1.08. The number of carbonyl (C=O) groups is 6. The van der Waals surface area contributed by atoms with E-state index in [2.05, 4.69) is 21.3 Å². The Morgan fingerprint density at radius 1 is 0.460 bits per heavy atom. The molecule has 0 radical (unpaired) electrons. The van der Waals surface area contributed by atoms with Gasteiger partial charge in [0.15, 0.2) is 11.5 Å². The van der Waals surface area contributed by atoms with Crippen LogP contribution in [0.15, 0.2) is 0 Å². The first-order chi connectivity index (χ1) is 29.6. The van der Waals surface area contributed by atoms with Gasteiger partial charge < -0.3 is 71.8 Å². The van der Waals surface area contributed by atoms with E-state index in [0.29, 0.717) is 0 Å². The molecule has 352 valence electrons. The predicted molar refractivity (Wildman–Crippen MR) is 272 cm³/mol. The number of hydroxylamine groups is 4. The summed E-state index contributed by atoms with van der Waals surface area (Å²) in [6.07, 6.45) is -5.23. The number of nitrogens with one attached hydrogen (secondary N) is 4. The van der Waals surface area contributed by atoms with Crippen LogP contribution in [0.5, 0.6) is 11.5 Å². The van der Waals surface area contributed by atoms with Gasteiger partial charge in [-0.2, -0.15) is 10.1 Å². The van der Waals surface area contributed by atoms with Crippen molar-refractivity contribution >= 4 is 171 Å². The number of aliphatic hydroxyl groups is 8. The standard InChI is InChI=1S/C35H44I6N6O16/c1-14(52)46(62-30-26(38)20(32(58)42-6-16(54)10-48)24(36)21(27(30)39)33(59)43-7-17(55)11-49)4-3-5-47(15(2)53)63-31-28(40)22(34(60)44-8-18(56)12-50)25(37)23(29(31)41)35(61)45-9-19(57)13-51/h16-19,48-51,54-57H,3-13H2,1-2H3,(H,42,58)(H,43,59)(H,44,60)(H,45,61). The maximum atomic E-state index is 13.5. The number of rotatable bonds is 24. The molecule has 0 aliphatic heterocycles. The first-order valence-corrected chi connectivity index (χ1v) is 24.7. The highest BCUT2D eigenvalue weighted by Crippen LogP contribution is 2.39. The van der Waals surface area contributed by atoms with Gasteiger partial charge in [0.05, 0.1) is 100 Å². The minimum atomic E-state index is -1.30. The molecule has 2 aromatic rings. The molecule has 4 atom stereocenters. The van der Waals surface area contributed by atoms with Gasteiger partial charge in [0.2, 0.25) is 0 Å². The molecule has 2 aromatic carbocycles. The van der Waals surface area contributed by atoms with Crippen molar-refractivity contribution in [2.75, 3.05) is 65.7 Å². The molecule has 0 aliphatic rings. The van der Waals surface area contributed by atoms with E-state index in [4.69, 9.17) is 9.68 Å². The van der Waals surface area contributed by atoms with Crippen molar-refractivity contribution in [3.8, 4) is 11.5 Å². The first-order valence-electron chi connectivity index (χ1n) is 18.2. The van der Waals surface area contributed by atoms with Gasteiger partial charge >= 0.3 is 0 Å². The highest BCUT2D eigenvalue weighted by atomic mass is 127. The summed E-state index contributed by atoms with van der Waals surface area (Å²) in [5.74, 6) is -4.57. The lowest BCUT2D eigenvalue weighted by atomic mass is 10.1. The average Bonchev–Trinajstić information content (AvgIpc) is 3.23. The molecular weight excluding hydrogens is 1520 g/mol. The Kier molecular flexibility index (Phi) is 26.1. The van der Waals surface area contributed by atoms with Crippen molar-refractivity contribution in [3.05, 3.63) is 43.7 Å². The van der Waals surface area contributed by atoms with E-state index < -0.39 is 86.3 Å². The second-order valence-corrected chi connectivity index (χ2v) is 19.5. The summed E-state index contributed by atoms with van der Waals surface area (Å²) in [7, 11) is 0. The highest BCUT2D eigenvalue weighted by molar-refractivity contribution is 14.1. The van der Waals surface area contributed by atoms with E-state index in [1.807, 2.05) is 0 Å². The van der Waals surface area contributed by atoms with Crippen LogP contribution < -0.4 is 30.9 Å². The lowest BCUT2D eigenvalue weighted by molar-refractivity contribution is -0.160. The largest absolute Gasteiger partial charge is 0.394 e. The number of hydrogen-bond donors (Lipinski definition) is 12. The topological polar surface area (TPSA) is 337 Å². The second kappa shape index (κ2) is 28.3. The molecule has 0 bridgehead atoms. The van der Waals surface area contributed by atoms with Crippen molar-refractivity contribution in [2.45, 2.75) is 44.7 Å². The smallest absolute Gasteiger partial charge is 0.253 e. The third-order valence-electron chi connectivity index (χ3n) is 8.13. The van der Waals surface area contributed by atoms with Crippen LogP contribution in [-0.2, 0) is 9.59 Å². The van der Waals surface area contributed by atoms with E-state index in [9.17, 15) is 69.6 Å². The summed E-state index contributed by atoms with van der Waals surface area (Å²) in [6.45, 7) is -2.10. The number of amides is 6. The third-order valence-corrected chi connectivity index (χ3v) is 14.4. The zero-order valence-electron chi connectivity index (χ0n) is 33.1. The first kappa shape index (κ1) is 58.0. The Morgan fingerprint density at radius 3 is 0.873 bits per heavy atom. The number of halogens is 6. The van der Waals surface area contributed by atoms with Crippen molar-refractivity contribution in [3.63, 3.8) is 0 Å². The van der Waals surface area contributed by atoms with Crippen LogP contribution in [0, 0.1) is 21.4 Å². The number of carbonyl (C=O) groups excluding carboxylic acids is 6. The van der Waals surface area contributed by atoms with Crippen molar-refractivity contribution in [2.24, 2.45) is 0 Å². The fourth-order valence-corrected chi connectivity index (χ4v) is 13.5. The molecule has 22 nitrogen and oxygen atoms in total. The fraction of sp³-hybridized carbons (Fsp3) is 0.486. The molecule has 6 amide bonds. The minimum Gasteiger partial charge on any atom is -0.394 e. The molecule has 0 spiro atoms. The van der Waals surface area contributed by atoms with Crippen molar-refractivity contribution < 1.29 is 79.3 Å². The summed E-state index contributed by atoms with van der Waals surface area (Å²) in [5, 5.41) is 88.1. The molecule has 0 fully saturated rings. The summed E-state index contributed by atoms with van der Waals surface area (Å²) in [5.41, 5.74) is -0.329. The molecule has 0 saturated carbocycles. The fourth-order valence-electron chi connectivity index (χ4n) is 4.81. The summed E-state index contributed by atoms with van der Waals surface area (Å²) >= 11 is 10.7. The van der Waals surface area contributed by atoms with Gasteiger partial charge in [-0.15, -0.1) is 0 Å². The van der Waals surface area contributed by atoms with E-state index >= 15 is 0 Å². The molecular formula is C35H44I6N6O16. The normalized spacial score (nSPS) is 13.0. The number of benzene rings is 2. The van der Waals surface area contributed by atoms with Crippen LogP contribution in [0.1, 0.15) is 61.7 Å². The molecule has 0 saturated heterocycles. The van der Waals surface area contributed by atoms with Crippen LogP contribution in [0.2, 0.25) is 0 Å². The molecule has 2 rings (SSSR count). The van der Waals surface area contributed by atoms with Crippen LogP contribution in [-0.4, -0.2) is 177 Å². The summed E-state index contributed by atoms with van der Waals surface area (Å²) in [6, 6.07) is 0. The van der Waals surface area contributed by atoms with Gasteiger partial charge in [0, 0.05) is 47.2 Å². The molecule has 0 heterocycles. The van der Waals surface area contributed by atoms with Gasteiger partial charge in [-0.05, 0) is 142 Å². The number of nitrogens with zero attached hydrogens (tertiary/aromatic N) is 2. The summed E-state index contributed by atoms with van der Waals surface area (Å²) < 4.78 is 0.839. The van der Waals surface area contributed by atoms with Crippen LogP contribution in [0.3, 0.4) is 0 Å². The summed E-state index contributed by atoms with van der Waals surface area (Å²) in [4.78, 5) is 92.1. The van der Waals surface area contributed by atoms with E-state index in [1.54, 1.807) is 136 Å². The Labute approximate surface area is 442 Å². The molecule has 0 aliphatic carbocycles.